The van der Waals surface area contributed by atoms with Crippen molar-refractivity contribution in [2.75, 3.05) is 27.2 Å². The van der Waals surface area contributed by atoms with Gasteiger partial charge in [0.05, 0.1) is 12.6 Å². The molecule has 1 aromatic heterocycles. The van der Waals surface area contributed by atoms with Crippen LogP contribution in [0.15, 0.2) is 18.2 Å². The standard InChI is InChI=1S/C16H20N4O2.CH2O2/c1-19-10-3-4-11(19)9-20(8-10)16(21)15-13-7-12(22-2)5-6-14(13)17-18-15;2-1-3/h5-7,10-11H,3-4,8-9H2,1-2H3,(H,17,18);1H,(H,2,3). The Bertz CT molecular complexity index is 761. The number of aromatic amines is 1. The summed E-state index contributed by atoms with van der Waals surface area (Å²) in [4.78, 5) is 25.6. The number of nitrogens with one attached hydrogen (secondary N) is 1. The molecule has 25 heavy (non-hydrogen) atoms. The van der Waals surface area contributed by atoms with E-state index in [0.29, 0.717) is 17.8 Å². The Morgan fingerprint density at radius 2 is 2.00 bits per heavy atom. The normalized spacial score (nSPS) is 22.4. The molecule has 134 valence electrons. The lowest BCUT2D eigenvalue weighted by Crippen LogP contribution is -2.53. The monoisotopic (exact) mass is 346 g/mol. The molecular formula is C17H22N4O4. The van der Waals surface area contributed by atoms with Gasteiger partial charge in [-0.15, -0.1) is 0 Å². The Kier molecular flexibility index (Phi) is 4.89. The summed E-state index contributed by atoms with van der Waals surface area (Å²) in [7, 11) is 3.79. The molecule has 8 heteroatoms. The summed E-state index contributed by atoms with van der Waals surface area (Å²) in [6.45, 7) is 1.34. The van der Waals surface area contributed by atoms with Gasteiger partial charge < -0.3 is 14.7 Å². The number of hydrogen-bond acceptors (Lipinski definition) is 5. The second-order valence-corrected chi connectivity index (χ2v) is 6.35. The number of rotatable bonds is 2. The summed E-state index contributed by atoms with van der Waals surface area (Å²) in [5.41, 5.74) is 1.36. The maximum atomic E-state index is 12.9. The van der Waals surface area contributed by atoms with Crippen molar-refractivity contribution in [3.8, 4) is 5.75 Å². The fraction of sp³-hybridized carbons (Fsp3) is 0.471. The van der Waals surface area contributed by atoms with Gasteiger partial charge in [-0.3, -0.25) is 19.6 Å². The van der Waals surface area contributed by atoms with E-state index in [1.54, 1.807) is 7.11 Å². The Morgan fingerprint density at radius 3 is 2.60 bits per heavy atom. The number of hydrogen-bond donors (Lipinski definition) is 2. The predicted molar refractivity (Wildman–Crippen MR) is 91.8 cm³/mol. The number of benzene rings is 1. The van der Waals surface area contributed by atoms with Crippen LogP contribution >= 0.6 is 0 Å². The third kappa shape index (κ3) is 3.17. The first-order valence-corrected chi connectivity index (χ1v) is 8.20. The van der Waals surface area contributed by atoms with Gasteiger partial charge in [0, 0.05) is 30.6 Å². The highest BCUT2D eigenvalue weighted by molar-refractivity contribution is 6.05. The number of likely N-dealkylation sites (tertiary alicyclic amines) is 1. The number of carbonyl (C=O) groups is 2. The average Bonchev–Trinajstić information content (AvgIpc) is 3.10. The van der Waals surface area contributed by atoms with Gasteiger partial charge in [0.25, 0.3) is 12.4 Å². The van der Waals surface area contributed by atoms with Crippen LogP contribution < -0.4 is 4.74 Å². The van der Waals surface area contributed by atoms with Gasteiger partial charge in [-0.2, -0.15) is 5.10 Å². The van der Waals surface area contributed by atoms with Gasteiger partial charge in [-0.25, -0.2) is 0 Å². The van der Waals surface area contributed by atoms with E-state index in [-0.39, 0.29) is 12.4 Å². The van der Waals surface area contributed by atoms with Crippen molar-refractivity contribution in [2.24, 2.45) is 0 Å². The molecule has 4 rings (SSSR count). The summed E-state index contributed by atoms with van der Waals surface area (Å²) in [6, 6.07) is 6.61. The molecule has 3 heterocycles. The average molecular weight is 346 g/mol. The van der Waals surface area contributed by atoms with E-state index in [0.717, 1.165) is 29.7 Å². The van der Waals surface area contributed by atoms with Crippen LogP contribution in [0.1, 0.15) is 23.3 Å². The third-order valence-electron chi connectivity index (χ3n) is 5.11. The molecule has 2 unspecified atom stereocenters. The lowest BCUT2D eigenvalue weighted by atomic mass is 10.1. The highest BCUT2D eigenvalue weighted by Crippen LogP contribution is 2.30. The second-order valence-electron chi connectivity index (χ2n) is 6.35. The van der Waals surface area contributed by atoms with Crippen molar-refractivity contribution in [3.63, 3.8) is 0 Å². The summed E-state index contributed by atoms with van der Waals surface area (Å²) in [6.07, 6.45) is 2.36. The van der Waals surface area contributed by atoms with Gasteiger partial charge in [0.15, 0.2) is 5.69 Å². The molecule has 0 saturated carbocycles. The predicted octanol–water partition coefficient (Wildman–Crippen LogP) is 1.19. The molecule has 2 aliphatic heterocycles. The highest BCUT2D eigenvalue weighted by Gasteiger charge is 2.39. The Labute approximate surface area is 145 Å². The summed E-state index contributed by atoms with van der Waals surface area (Å²) < 4.78 is 5.26. The number of aromatic nitrogens is 2. The van der Waals surface area contributed by atoms with Crippen LogP contribution in [-0.4, -0.2) is 76.8 Å². The van der Waals surface area contributed by atoms with Crippen molar-refractivity contribution in [2.45, 2.75) is 24.9 Å². The number of carbonyl (C=O) groups excluding carboxylic acids is 1. The number of ether oxygens (including phenoxy) is 1. The van der Waals surface area contributed by atoms with Crippen LogP contribution in [0.5, 0.6) is 5.75 Å². The molecule has 0 aliphatic carbocycles. The van der Waals surface area contributed by atoms with Crippen LogP contribution in [-0.2, 0) is 4.79 Å². The van der Waals surface area contributed by atoms with Gasteiger partial charge in [0.1, 0.15) is 5.75 Å². The van der Waals surface area contributed by atoms with E-state index < -0.39 is 0 Å². The minimum Gasteiger partial charge on any atom is -0.497 e. The van der Waals surface area contributed by atoms with Crippen molar-refractivity contribution < 1.29 is 19.4 Å². The smallest absolute Gasteiger partial charge is 0.290 e. The maximum Gasteiger partial charge on any atom is 0.290 e. The second kappa shape index (κ2) is 7.10. The molecule has 8 nitrogen and oxygen atoms in total. The van der Waals surface area contributed by atoms with Crippen molar-refractivity contribution in [3.05, 3.63) is 23.9 Å². The Morgan fingerprint density at radius 1 is 1.36 bits per heavy atom. The quantitative estimate of drug-likeness (QED) is 0.793. The molecular weight excluding hydrogens is 324 g/mol. The molecule has 2 saturated heterocycles. The summed E-state index contributed by atoms with van der Waals surface area (Å²) >= 11 is 0. The Balaban J connectivity index is 0.000000569. The number of nitrogens with zero attached hydrogens (tertiary/aromatic N) is 3. The van der Waals surface area contributed by atoms with E-state index in [1.165, 1.54) is 12.8 Å². The molecule has 0 radical (unpaired) electrons. The lowest BCUT2D eigenvalue weighted by Gasteiger charge is -2.38. The molecule has 0 spiro atoms. The minimum atomic E-state index is -0.250. The molecule has 1 aromatic carbocycles. The molecule has 2 fully saturated rings. The van der Waals surface area contributed by atoms with E-state index >= 15 is 0 Å². The number of methoxy groups -OCH3 is 1. The first-order valence-electron chi connectivity index (χ1n) is 8.20. The lowest BCUT2D eigenvalue weighted by molar-refractivity contribution is -0.122. The number of likely N-dealkylation sites (N-methyl/N-ethyl adjacent to an activating group) is 1. The van der Waals surface area contributed by atoms with Gasteiger partial charge in [0.2, 0.25) is 0 Å². The number of fused-ring (bicyclic) bond motifs is 3. The minimum absolute atomic E-state index is 0.0181. The first kappa shape index (κ1) is 17.2. The zero-order valence-corrected chi connectivity index (χ0v) is 14.3. The van der Waals surface area contributed by atoms with Gasteiger partial charge in [-0.1, -0.05) is 0 Å². The van der Waals surface area contributed by atoms with Crippen LogP contribution in [0.4, 0.5) is 0 Å². The summed E-state index contributed by atoms with van der Waals surface area (Å²) in [5.74, 6) is 0.755. The largest absolute Gasteiger partial charge is 0.497 e. The van der Waals surface area contributed by atoms with E-state index in [9.17, 15) is 4.79 Å². The van der Waals surface area contributed by atoms with Gasteiger partial charge >= 0.3 is 0 Å². The fourth-order valence-corrected chi connectivity index (χ4v) is 3.71. The van der Waals surface area contributed by atoms with Crippen LogP contribution in [0.2, 0.25) is 0 Å². The SMILES string of the molecule is COc1ccc2[nH]nc(C(=O)N3CC4CCC(C3)N4C)c2c1.O=CO. The van der Waals surface area contributed by atoms with Crippen LogP contribution in [0.3, 0.4) is 0 Å². The summed E-state index contributed by atoms with van der Waals surface area (Å²) in [5, 5.41) is 14.9. The molecule has 2 bridgehead atoms. The number of carboxylic acid groups (broad SMARTS) is 1. The maximum absolute atomic E-state index is 12.9. The van der Waals surface area contributed by atoms with E-state index in [2.05, 4.69) is 22.1 Å². The number of piperazine rings is 1. The van der Waals surface area contributed by atoms with Gasteiger partial charge in [-0.05, 0) is 38.1 Å². The molecule has 2 aliphatic rings. The molecule has 1 amide bonds. The van der Waals surface area contributed by atoms with Crippen molar-refractivity contribution in [1.82, 2.24) is 20.0 Å². The van der Waals surface area contributed by atoms with E-state index in [1.807, 2.05) is 23.1 Å². The first-order chi connectivity index (χ1) is 12.1. The van der Waals surface area contributed by atoms with Crippen LogP contribution in [0, 0.1) is 0 Å². The zero-order chi connectivity index (χ0) is 18.0. The molecule has 2 atom stereocenters. The Hall–Kier alpha value is -2.61. The van der Waals surface area contributed by atoms with Crippen molar-refractivity contribution >= 4 is 23.3 Å². The van der Waals surface area contributed by atoms with E-state index in [4.69, 9.17) is 14.6 Å². The van der Waals surface area contributed by atoms with Crippen LogP contribution in [0.25, 0.3) is 10.9 Å². The fourth-order valence-electron chi connectivity index (χ4n) is 3.71. The third-order valence-corrected chi connectivity index (χ3v) is 5.11. The molecule has 2 N–H and O–H groups in total. The number of H-pyrrole nitrogens is 1. The zero-order valence-electron chi connectivity index (χ0n) is 14.3. The highest BCUT2D eigenvalue weighted by atomic mass is 16.5. The number of amides is 1. The molecule has 2 aromatic rings. The topological polar surface area (TPSA) is 98.8 Å². The van der Waals surface area contributed by atoms with Crippen molar-refractivity contribution in [1.29, 1.82) is 0 Å².